The van der Waals surface area contributed by atoms with Crippen molar-refractivity contribution in [2.24, 2.45) is 0 Å². The summed E-state index contributed by atoms with van der Waals surface area (Å²) in [6.07, 6.45) is 5.05. The molecule has 0 unspecified atom stereocenters. The largest absolute Gasteiger partial charge is 0.459 e. The van der Waals surface area contributed by atoms with E-state index in [4.69, 9.17) is 20.9 Å². The van der Waals surface area contributed by atoms with Crippen LogP contribution in [-0.2, 0) is 14.3 Å². The van der Waals surface area contributed by atoms with Crippen molar-refractivity contribution in [1.82, 2.24) is 0 Å². The predicted octanol–water partition coefficient (Wildman–Crippen LogP) is 5.75. The van der Waals surface area contributed by atoms with Gasteiger partial charge >= 0.3 is 11.9 Å². The van der Waals surface area contributed by atoms with E-state index in [2.05, 4.69) is 6.58 Å². The fourth-order valence-corrected chi connectivity index (χ4v) is 3.30. The Hall–Kier alpha value is -4.84. The van der Waals surface area contributed by atoms with E-state index in [1.165, 1.54) is 0 Å². The minimum atomic E-state index is -0.536. The van der Waals surface area contributed by atoms with E-state index < -0.39 is 11.9 Å². The Kier molecular flexibility index (Phi) is 9.42. The number of rotatable bonds is 7. The van der Waals surface area contributed by atoms with Crippen molar-refractivity contribution >= 4 is 46.2 Å². The van der Waals surface area contributed by atoms with Crippen molar-refractivity contribution in [2.45, 2.75) is 0 Å². The summed E-state index contributed by atoms with van der Waals surface area (Å²) in [4.78, 5) is 22.8. The normalized spacial score (nSPS) is 10.3. The number of carbonyl (C=O) groups is 2. The maximum Gasteiger partial charge on any atom is 0.338 e. The highest BCUT2D eigenvalue weighted by Crippen LogP contribution is 2.20. The fraction of sp³-hybridized carbons (Fsp3) is 0.0667. The molecule has 0 aromatic heterocycles. The lowest BCUT2D eigenvalue weighted by molar-refractivity contribution is -0.138. The first-order valence-corrected chi connectivity index (χ1v) is 11.3. The summed E-state index contributed by atoms with van der Waals surface area (Å²) in [5.41, 5.74) is 15.6. The van der Waals surface area contributed by atoms with Crippen LogP contribution in [0.2, 0.25) is 0 Å². The number of nitrogen functional groups attached to an aromatic ring is 2. The lowest BCUT2D eigenvalue weighted by Gasteiger charge is -2.07. The molecule has 0 heterocycles. The lowest BCUT2D eigenvalue weighted by atomic mass is 10.1. The van der Waals surface area contributed by atoms with Crippen LogP contribution in [0.1, 0.15) is 21.5 Å². The lowest BCUT2D eigenvalue weighted by Crippen LogP contribution is -2.13. The van der Waals surface area contributed by atoms with Crippen LogP contribution in [0, 0.1) is 0 Å². The molecule has 0 bridgehead atoms. The number of hydrogen-bond donors (Lipinski definition) is 2. The van der Waals surface area contributed by atoms with Gasteiger partial charge < -0.3 is 20.9 Å². The van der Waals surface area contributed by atoms with E-state index in [0.717, 1.165) is 39.4 Å². The molecule has 182 valence electrons. The average Bonchev–Trinajstić information content (AvgIpc) is 2.92. The van der Waals surface area contributed by atoms with Crippen molar-refractivity contribution in [3.8, 4) is 0 Å². The quantitative estimate of drug-likeness (QED) is 0.115. The summed E-state index contributed by atoms with van der Waals surface area (Å²) in [6.45, 7) is 3.30. The summed E-state index contributed by atoms with van der Waals surface area (Å²) in [5.74, 6) is -0.970. The number of anilines is 2. The molecule has 0 fully saturated rings. The van der Waals surface area contributed by atoms with Crippen LogP contribution >= 0.6 is 0 Å². The van der Waals surface area contributed by atoms with Crippen molar-refractivity contribution in [3.63, 3.8) is 0 Å². The van der Waals surface area contributed by atoms with E-state index in [1.54, 1.807) is 18.2 Å². The van der Waals surface area contributed by atoms with Crippen LogP contribution in [0.5, 0.6) is 0 Å². The molecule has 0 aliphatic heterocycles. The smallest absolute Gasteiger partial charge is 0.338 e. The minimum absolute atomic E-state index is 0.0152. The van der Waals surface area contributed by atoms with Gasteiger partial charge in [-0.3, -0.25) is 0 Å². The first kappa shape index (κ1) is 25.8. The van der Waals surface area contributed by atoms with Crippen LogP contribution in [-0.4, -0.2) is 25.2 Å². The molecule has 4 N–H and O–H groups in total. The second-order valence-electron chi connectivity index (χ2n) is 7.67. The van der Waals surface area contributed by atoms with E-state index >= 15 is 0 Å². The topological polar surface area (TPSA) is 105 Å². The van der Waals surface area contributed by atoms with E-state index in [0.29, 0.717) is 5.56 Å². The first-order valence-electron chi connectivity index (χ1n) is 11.3. The zero-order valence-electron chi connectivity index (χ0n) is 19.8. The van der Waals surface area contributed by atoms with Gasteiger partial charge in [0.25, 0.3) is 0 Å². The second kappa shape index (κ2) is 13.2. The van der Waals surface area contributed by atoms with Gasteiger partial charge in [0.15, 0.2) is 0 Å². The molecule has 0 saturated heterocycles. The molecular weight excluding hydrogens is 452 g/mol. The van der Waals surface area contributed by atoms with Gasteiger partial charge in [0.2, 0.25) is 0 Å². The highest BCUT2D eigenvalue weighted by Gasteiger charge is 2.11. The molecule has 4 rings (SSSR count). The van der Waals surface area contributed by atoms with Gasteiger partial charge in [-0.05, 0) is 46.2 Å². The van der Waals surface area contributed by atoms with Gasteiger partial charge in [0, 0.05) is 17.5 Å². The third-order valence-corrected chi connectivity index (χ3v) is 5.10. The molecule has 6 nitrogen and oxygen atoms in total. The molecule has 4 aromatic rings. The Balaban J connectivity index is 0.000000205. The number of ether oxygens (including phenoxy) is 2. The second-order valence-corrected chi connectivity index (χ2v) is 7.67. The zero-order chi connectivity index (χ0) is 25.8. The van der Waals surface area contributed by atoms with E-state index in [-0.39, 0.29) is 13.2 Å². The van der Waals surface area contributed by atoms with Crippen molar-refractivity contribution < 1.29 is 19.1 Å². The highest BCUT2D eigenvalue weighted by atomic mass is 16.6. The van der Waals surface area contributed by atoms with Crippen LogP contribution in [0.3, 0.4) is 0 Å². The summed E-state index contributed by atoms with van der Waals surface area (Å²) < 4.78 is 9.81. The summed E-state index contributed by atoms with van der Waals surface area (Å²) >= 11 is 0. The number of hydrogen-bond acceptors (Lipinski definition) is 6. The maximum atomic E-state index is 12.0. The van der Waals surface area contributed by atoms with Crippen LogP contribution in [0.25, 0.3) is 22.9 Å². The van der Waals surface area contributed by atoms with Crippen molar-refractivity contribution in [2.75, 3.05) is 24.7 Å². The highest BCUT2D eigenvalue weighted by molar-refractivity contribution is 6.04. The molecule has 0 aliphatic carbocycles. The minimum Gasteiger partial charge on any atom is -0.459 e. The number of nitrogens with two attached hydrogens (primary N) is 2. The predicted molar refractivity (Wildman–Crippen MR) is 146 cm³/mol. The molecule has 0 aliphatic rings. The summed E-state index contributed by atoms with van der Waals surface area (Å²) in [5, 5.41) is 1.81. The van der Waals surface area contributed by atoms with Gasteiger partial charge in [-0.15, -0.1) is 0 Å². The Labute approximate surface area is 210 Å². The maximum absolute atomic E-state index is 12.0. The van der Waals surface area contributed by atoms with Gasteiger partial charge in [0.1, 0.15) is 13.2 Å². The van der Waals surface area contributed by atoms with Crippen molar-refractivity contribution in [1.29, 1.82) is 0 Å². The molecule has 0 spiro atoms. The van der Waals surface area contributed by atoms with Gasteiger partial charge in [-0.2, -0.15) is 0 Å². The molecule has 0 radical (unpaired) electrons. The van der Waals surface area contributed by atoms with Crippen LogP contribution in [0.4, 0.5) is 11.4 Å². The zero-order valence-corrected chi connectivity index (χ0v) is 19.8. The molecule has 0 amide bonds. The van der Waals surface area contributed by atoms with Gasteiger partial charge in [0.05, 0.1) is 5.56 Å². The number of benzene rings is 4. The van der Waals surface area contributed by atoms with Crippen LogP contribution < -0.4 is 11.5 Å². The van der Waals surface area contributed by atoms with Gasteiger partial charge in [-0.1, -0.05) is 85.5 Å². The van der Waals surface area contributed by atoms with Crippen molar-refractivity contribution in [3.05, 3.63) is 120 Å². The molecule has 4 aromatic carbocycles. The molecule has 0 atom stereocenters. The van der Waals surface area contributed by atoms with Crippen LogP contribution in [0.15, 0.2) is 104 Å². The Morgan fingerprint density at radius 3 is 2.25 bits per heavy atom. The van der Waals surface area contributed by atoms with E-state index in [1.807, 2.05) is 84.9 Å². The monoisotopic (exact) mass is 480 g/mol. The third-order valence-electron chi connectivity index (χ3n) is 5.10. The molecule has 6 heteroatoms. The fourth-order valence-electron chi connectivity index (χ4n) is 3.30. The third kappa shape index (κ3) is 7.60. The molecule has 36 heavy (non-hydrogen) atoms. The Morgan fingerprint density at radius 2 is 1.47 bits per heavy atom. The molecule has 0 saturated carbocycles. The average molecular weight is 481 g/mol. The summed E-state index contributed by atoms with van der Waals surface area (Å²) in [6, 6.07) is 28.6. The summed E-state index contributed by atoms with van der Waals surface area (Å²) in [7, 11) is 0. The SMILES string of the molecule is C=CC(=O)OCCOC(=O)c1cccc2ccccc12.Nc1ccc(N)c(C=Cc2ccccc2)c1. The Morgan fingerprint density at radius 1 is 0.778 bits per heavy atom. The molecular formula is C30H28N2O4. The Bertz CT molecular complexity index is 1360. The number of esters is 2. The first-order chi connectivity index (χ1) is 17.5. The number of fused-ring (bicyclic) bond motifs is 1. The number of carbonyl (C=O) groups excluding carboxylic acids is 2. The standard InChI is InChI=1S/C16H14O4.C14H14N2/c1-2-15(17)19-10-11-20-16(18)14-9-5-7-12-6-3-4-8-13(12)14;15-13-8-9-14(16)12(10-13)7-6-11-4-2-1-3-5-11/h2-9H,1,10-11H2;1-10H,15-16H2. The van der Waals surface area contributed by atoms with E-state index in [9.17, 15) is 9.59 Å². The van der Waals surface area contributed by atoms with Gasteiger partial charge in [-0.25, -0.2) is 9.59 Å².